The second-order valence-electron chi connectivity index (χ2n) is 9.40. The molecule has 6 nitrogen and oxygen atoms in total. The van der Waals surface area contributed by atoms with E-state index in [1.807, 2.05) is 18.2 Å². The van der Waals surface area contributed by atoms with E-state index in [0.29, 0.717) is 35.4 Å². The van der Waals surface area contributed by atoms with Crippen LogP contribution in [0.4, 0.5) is 17.6 Å². The molecule has 1 aliphatic carbocycles. The van der Waals surface area contributed by atoms with Crippen LogP contribution >= 0.6 is 11.6 Å². The second kappa shape index (κ2) is 9.25. The first kappa shape index (κ1) is 25.4. The lowest BCUT2D eigenvalue weighted by molar-refractivity contribution is -0.143. The molecule has 1 amide bonds. The number of aliphatic hydroxyl groups excluding tert-OH is 1. The number of carbonyl (C=O) groups excluding carboxylic acids is 1. The molecule has 0 bridgehead atoms. The molecule has 2 heterocycles. The van der Waals surface area contributed by atoms with Gasteiger partial charge in [0.05, 0.1) is 28.8 Å². The van der Waals surface area contributed by atoms with E-state index in [0.717, 1.165) is 35.4 Å². The Morgan fingerprint density at radius 1 is 1.19 bits per heavy atom. The van der Waals surface area contributed by atoms with Gasteiger partial charge in [0, 0.05) is 17.1 Å². The highest BCUT2D eigenvalue weighted by Gasteiger charge is 2.49. The summed E-state index contributed by atoms with van der Waals surface area (Å²) in [7, 11) is 0. The normalized spacial score (nSPS) is 17.6. The quantitative estimate of drug-likeness (QED) is 0.475. The third kappa shape index (κ3) is 4.64. The number of carbonyl (C=O) groups is 1. The van der Waals surface area contributed by atoms with Crippen LogP contribution in [0.1, 0.15) is 59.1 Å². The van der Waals surface area contributed by atoms with Crippen LogP contribution < -0.4 is 5.56 Å². The number of rotatable bonds is 4. The molecule has 1 atom stereocenters. The number of amides is 1. The molecule has 0 spiro atoms. The standard InChI is InChI=1S/C26H22ClF4N3O3/c27-15-5-1-4-14(12-15)25(9-10-25)24-32-19-8-3-11-34(13-17(19)22(36)33-24)23(37)21(35)16-6-2-7-18(20(16)28)26(29,30)31/h1-2,4-7,12,21,35H,3,8-11,13H2,(H,32,33,36). The van der Waals surface area contributed by atoms with Crippen molar-refractivity contribution < 1.29 is 27.5 Å². The number of aliphatic hydroxyl groups is 1. The van der Waals surface area contributed by atoms with E-state index in [1.165, 1.54) is 0 Å². The molecule has 1 aliphatic heterocycles. The molecule has 37 heavy (non-hydrogen) atoms. The van der Waals surface area contributed by atoms with Crippen LogP contribution in [0, 0.1) is 5.82 Å². The van der Waals surface area contributed by atoms with Crippen LogP contribution in [0.5, 0.6) is 0 Å². The first-order valence-electron chi connectivity index (χ1n) is 11.7. The monoisotopic (exact) mass is 535 g/mol. The van der Waals surface area contributed by atoms with Crippen LogP contribution in [0.15, 0.2) is 47.3 Å². The molecule has 1 unspecified atom stereocenters. The van der Waals surface area contributed by atoms with Gasteiger partial charge in [-0.05, 0) is 49.4 Å². The summed E-state index contributed by atoms with van der Waals surface area (Å²) >= 11 is 6.16. The second-order valence-corrected chi connectivity index (χ2v) is 9.84. The highest BCUT2D eigenvalue weighted by Crippen LogP contribution is 2.52. The number of hydrogen-bond donors (Lipinski definition) is 2. The van der Waals surface area contributed by atoms with Gasteiger partial charge in [-0.15, -0.1) is 0 Å². The molecule has 3 aromatic rings. The van der Waals surface area contributed by atoms with Gasteiger partial charge in [-0.3, -0.25) is 9.59 Å². The van der Waals surface area contributed by atoms with Crippen molar-refractivity contribution in [2.45, 2.75) is 49.9 Å². The maximum Gasteiger partial charge on any atom is 0.419 e. The van der Waals surface area contributed by atoms with Gasteiger partial charge in [0.2, 0.25) is 0 Å². The maximum absolute atomic E-state index is 14.5. The lowest BCUT2D eigenvalue weighted by atomic mass is 9.94. The van der Waals surface area contributed by atoms with Crippen LogP contribution in [0.25, 0.3) is 0 Å². The zero-order valence-corrected chi connectivity index (χ0v) is 20.2. The van der Waals surface area contributed by atoms with E-state index in [-0.39, 0.29) is 18.7 Å². The zero-order valence-electron chi connectivity index (χ0n) is 19.4. The molecule has 2 N–H and O–H groups in total. The number of halogens is 5. The van der Waals surface area contributed by atoms with Gasteiger partial charge in [0.15, 0.2) is 6.10 Å². The number of aromatic amines is 1. The number of H-pyrrole nitrogens is 1. The van der Waals surface area contributed by atoms with E-state index in [2.05, 4.69) is 4.98 Å². The summed E-state index contributed by atoms with van der Waals surface area (Å²) in [5.41, 5.74) is -1.54. The summed E-state index contributed by atoms with van der Waals surface area (Å²) < 4.78 is 53.8. The Bertz CT molecular complexity index is 1440. The van der Waals surface area contributed by atoms with Crippen LogP contribution in [0.3, 0.4) is 0 Å². The van der Waals surface area contributed by atoms with Crippen molar-refractivity contribution in [1.82, 2.24) is 14.9 Å². The number of benzene rings is 2. The third-order valence-corrected chi connectivity index (χ3v) is 7.28. The number of nitrogens with one attached hydrogen (secondary N) is 1. The number of aryl methyl sites for hydroxylation is 1. The summed E-state index contributed by atoms with van der Waals surface area (Å²) in [5.74, 6) is -2.18. The van der Waals surface area contributed by atoms with Crippen molar-refractivity contribution in [2.75, 3.05) is 6.54 Å². The topological polar surface area (TPSA) is 86.3 Å². The molecular weight excluding hydrogens is 514 g/mol. The molecule has 0 radical (unpaired) electrons. The van der Waals surface area contributed by atoms with E-state index in [1.54, 1.807) is 6.07 Å². The largest absolute Gasteiger partial charge is 0.419 e. The molecule has 11 heteroatoms. The van der Waals surface area contributed by atoms with Crippen molar-refractivity contribution in [2.24, 2.45) is 0 Å². The van der Waals surface area contributed by atoms with Crippen molar-refractivity contribution in [3.8, 4) is 0 Å². The molecule has 1 aromatic heterocycles. The zero-order chi connectivity index (χ0) is 26.5. The molecule has 194 valence electrons. The van der Waals surface area contributed by atoms with E-state index in [9.17, 15) is 32.3 Å². The Morgan fingerprint density at radius 2 is 1.92 bits per heavy atom. The van der Waals surface area contributed by atoms with Crippen molar-refractivity contribution >= 4 is 17.5 Å². The predicted molar refractivity (Wildman–Crippen MR) is 126 cm³/mol. The lowest BCUT2D eigenvalue weighted by Gasteiger charge is -2.24. The molecular formula is C26H22ClF4N3O3. The Morgan fingerprint density at radius 3 is 2.59 bits per heavy atom. The smallest absolute Gasteiger partial charge is 0.378 e. The summed E-state index contributed by atoms with van der Waals surface area (Å²) in [4.78, 5) is 34.9. The van der Waals surface area contributed by atoms with E-state index < -0.39 is 46.1 Å². The number of hydrogen-bond acceptors (Lipinski definition) is 4. The van der Waals surface area contributed by atoms with Gasteiger partial charge in [-0.1, -0.05) is 35.9 Å². The Balaban J connectivity index is 1.43. The average molecular weight is 536 g/mol. The Hall–Kier alpha value is -3.24. The lowest BCUT2D eigenvalue weighted by Crippen LogP contribution is -2.37. The van der Waals surface area contributed by atoms with Crippen molar-refractivity contribution in [3.05, 3.63) is 97.4 Å². The van der Waals surface area contributed by atoms with E-state index in [4.69, 9.17) is 16.6 Å². The molecule has 5 rings (SSSR count). The van der Waals surface area contributed by atoms with Crippen molar-refractivity contribution in [3.63, 3.8) is 0 Å². The van der Waals surface area contributed by atoms with Crippen LogP contribution in [-0.4, -0.2) is 32.4 Å². The maximum atomic E-state index is 14.5. The van der Waals surface area contributed by atoms with Gasteiger partial charge in [-0.2, -0.15) is 13.2 Å². The first-order valence-corrected chi connectivity index (χ1v) is 12.1. The summed E-state index contributed by atoms with van der Waals surface area (Å²) in [6.07, 6.45) is -4.78. The van der Waals surface area contributed by atoms with Gasteiger partial charge in [0.1, 0.15) is 11.6 Å². The Labute approximate surface area is 213 Å². The number of nitrogens with zero attached hydrogens (tertiary/aromatic N) is 2. The molecule has 0 saturated heterocycles. The third-order valence-electron chi connectivity index (χ3n) is 7.05. The SMILES string of the molecule is O=C(C(O)c1cccc(C(F)(F)F)c1F)N1CCCc2nc(C3(c4cccc(Cl)c4)CC3)[nH]c(=O)c2C1. The van der Waals surface area contributed by atoms with E-state index >= 15 is 0 Å². The summed E-state index contributed by atoms with van der Waals surface area (Å²) in [6, 6.07) is 9.77. The average Bonchev–Trinajstić information content (AvgIpc) is 3.67. The Kier molecular flexibility index (Phi) is 6.35. The minimum Gasteiger partial charge on any atom is -0.378 e. The van der Waals surface area contributed by atoms with Gasteiger partial charge < -0.3 is 15.0 Å². The molecule has 1 saturated carbocycles. The van der Waals surface area contributed by atoms with Crippen molar-refractivity contribution in [1.29, 1.82) is 0 Å². The van der Waals surface area contributed by atoms with Crippen LogP contribution in [-0.2, 0) is 29.4 Å². The molecule has 1 fully saturated rings. The first-order chi connectivity index (χ1) is 17.5. The highest BCUT2D eigenvalue weighted by atomic mass is 35.5. The van der Waals surface area contributed by atoms with Gasteiger partial charge >= 0.3 is 6.18 Å². The minimum atomic E-state index is -4.98. The molecule has 2 aromatic carbocycles. The van der Waals surface area contributed by atoms with Gasteiger partial charge in [-0.25, -0.2) is 9.37 Å². The fourth-order valence-electron chi connectivity index (χ4n) is 4.90. The minimum absolute atomic E-state index is 0.112. The summed E-state index contributed by atoms with van der Waals surface area (Å²) in [6.45, 7) is -0.0976. The summed E-state index contributed by atoms with van der Waals surface area (Å²) in [5, 5.41) is 11.1. The predicted octanol–water partition coefficient (Wildman–Crippen LogP) is 4.67. The van der Waals surface area contributed by atoms with Gasteiger partial charge in [0.25, 0.3) is 11.5 Å². The number of alkyl halides is 3. The van der Waals surface area contributed by atoms with Crippen LogP contribution in [0.2, 0.25) is 5.02 Å². The molecule has 2 aliphatic rings. The number of fused-ring (bicyclic) bond motifs is 1. The fourth-order valence-corrected chi connectivity index (χ4v) is 5.09. The number of aromatic nitrogens is 2. The fraction of sp³-hybridized carbons (Fsp3) is 0.346. The highest BCUT2D eigenvalue weighted by molar-refractivity contribution is 6.30.